The Morgan fingerprint density at radius 3 is 2.52 bits per heavy atom. The van der Waals surface area contributed by atoms with Gasteiger partial charge in [0.05, 0.1) is 6.04 Å². The van der Waals surface area contributed by atoms with Crippen LogP contribution in [0.3, 0.4) is 0 Å². The number of carbonyl (C=O) groups excluding carboxylic acids is 2. The second kappa shape index (κ2) is 11.6. The monoisotopic (exact) mass is 415 g/mol. The first-order valence-electron chi connectivity index (χ1n) is 10.1. The lowest BCUT2D eigenvalue weighted by molar-refractivity contribution is -0.134. The van der Waals surface area contributed by atoms with E-state index in [2.05, 4.69) is 41.8 Å². The van der Waals surface area contributed by atoms with Gasteiger partial charge in [-0.3, -0.25) is 9.59 Å². The van der Waals surface area contributed by atoms with Crippen LogP contribution in [0, 0.1) is 0 Å². The lowest BCUT2D eigenvalue weighted by Gasteiger charge is -2.36. The molecule has 1 heterocycles. The van der Waals surface area contributed by atoms with Crippen LogP contribution in [0.2, 0.25) is 0 Å². The van der Waals surface area contributed by atoms with Crippen LogP contribution >= 0.6 is 12.4 Å². The SMILES string of the molecule is CCc1ccc(C2CNCCN2C(=O)CCCNC(=O)c2ccccc2)cc1.Cl. The maximum absolute atomic E-state index is 12.8. The fourth-order valence-electron chi connectivity index (χ4n) is 3.55. The van der Waals surface area contributed by atoms with E-state index in [9.17, 15) is 9.59 Å². The molecule has 156 valence electrons. The van der Waals surface area contributed by atoms with Gasteiger partial charge >= 0.3 is 0 Å². The van der Waals surface area contributed by atoms with Crippen molar-refractivity contribution in [2.24, 2.45) is 0 Å². The summed E-state index contributed by atoms with van der Waals surface area (Å²) in [6.45, 7) is 4.96. The van der Waals surface area contributed by atoms with Gasteiger partial charge in [0.25, 0.3) is 5.91 Å². The quantitative estimate of drug-likeness (QED) is 0.681. The van der Waals surface area contributed by atoms with Crippen molar-refractivity contribution in [2.45, 2.75) is 32.2 Å². The van der Waals surface area contributed by atoms with Crippen LogP contribution in [0.1, 0.15) is 47.3 Å². The maximum atomic E-state index is 12.8. The molecule has 1 unspecified atom stereocenters. The number of nitrogens with one attached hydrogen (secondary N) is 2. The number of piperazine rings is 1. The molecular formula is C23H30ClN3O2. The summed E-state index contributed by atoms with van der Waals surface area (Å²) in [4.78, 5) is 26.9. The van der Waals surface area contributed by atoms with Crippen molar-refractivity contribution in [2.75, 3.05) is 26.2 Å². The highest BCUT2D eigenvalue weighted by Crippen LogP contribution is 2.23. The predicted molar refractivity (Wildman–Crippen MR) is 118 cm³/mol. The van der Waals surface area contributed by atoms with Crippen molar-refractivity contribution >= 4 is 24.2 Å². The van der Waals surface area contributed by atoms with Gasteiger partial charge in [0, 0.05) is 38.2 Å². The molecule has 5 nitrogen and oxygen atoms in total. The van der Waals surface area contributed by atoms with E-state index in [1.807, 2.05) is 23.1 Å². The van der Waals surface area contributed by atoms with Crippen LogP contribution in [0.5, 0.6) is 0 Å². The van der Waals surface area contributed by atoms with E-state index < -0.39 is 0 Å². The molecule has 0 spiro atoms. The molecule has 6 heteroatoms. The van der Waals surface area contributed by atoms with Crippen molar-refractivity contribution in [3.63, 3.8) is 0 Å². The fraction of sp³-hybridized carbons (Fsp3) is 0.391. The fourth-order valence-corrected chi connectivity index (χ4v) is 3.55. The van der Waals surface area contributed by atoms with Crippen molar-refractivity contribution in [1.82, 2.24) is 15.5 Å². The minimum atomic E-state index is -0.0934. The third-order valence-electron chi connectivity index (χ3n) is 5.23. The highest BCUT2D eigenvalue weighted by atomic mass is 35.5. The minimum Gasteiger partial charge on any atom is -0.352 e. The van der Waals surface area contributed by atoms with Crippen LogP contribution in [0.4, 0.5) is 0 Å². The average Bonchev–Trinajstić information content (AvgIpc) is 2.77. The number of carbonyl (C=O) groups is 2. The van der Waals surface area contributed by atoms with Gasteiger partial charge in [-0.05, 0) is 36.1 Å². The number of benzene rings is 2. The normalized spacial score (nSPS) is 16.0. The summed E-state index contributed by atoms with van der Waals surface area (Å²) in [5.41, 5.74) is 3.13. The number of nitrogens with zero attached hydrogens (tertiary/aromatic N) is 1. The molecule has 1 saturated heterocycles. The third kappa shape index (κ3) is 6.31. The van der Waals surface area contributed by atoms with Gasteiger partial charge < -0.3 is 15.5 Å². The van der Waals surface area contributed by atoms with Gasteiger partial charge in [0.15, 0.2) is 0 Å². The Kier molecular flexibility index (Phi) is 9.16. The van der Waals surface area contributed by atoms with Gasteiger partial charge in [-0.15, -0.1) is 12.4 Å². The van der Waals surface area contributed by atoms with E-state index in [4.69, 9.17) is 0 Å². The van der Waals surface area contributed by atoms with Crippen molar-refractivity contribution in [3.8, 4) is 0 Å². The van der Waals surface area contributed by atoms with E-state index >= 15 is 0 Å². The summed E-state index contributed by atoms with van der Waals surface area (Å²) in [5, 5.41) is 6.29. The molecule has 0 saturated carbocycles. The van der Waals surface area contributed by atoms with Crippen LogP contribution in [-0.4, -0.2) is 42.9 Å². The molecule has 29 heavy (non-hydrogen) atoms. The van der Waals surface area contributed by atoms with Crippen LogP contribution in [0.25, 0.3) is 0 Å². The highest BCUT2D eigenvalue weighted by Gasteiger charge is 2.27. The van der Waals surface area contributed by atoms with Crippen molar-refractivity contribution < 1.29 is 9.59 Å². The molecule has 3 rings (SSSR count). The molecule has 2 aromatic carbocycles. The zero-order valence-electron chi connectivity index (χ0n) is 16.9. The maximum Gasteiger partial charge on any atom is 0.251 e. The second-order valence-electron chi connectivity index (χ2n) is 7.13. The Labute approximate surface area is 179 Å². The summed E-state index contributed by atoms with van der Waals surface area (Å²) in [6.07, 6.45) is 2.10. The van der Waals surface area contributed by atoms with Crippen LogP contribution in [0.15, 0.2) is 54.6 Å². The van der Waals surface area contributed by atoms with Gasteiger partial charge in [-0.1, -0.05) is 49.4 Å². The number of aryl methyl sites for hydroxylation is 1. The first kappa shape index (κ1) is 22.9. The zero-order valence-corrected chi connectivity index (χ0v) is 17.7. The molecule has 2 amide bonds. The largest absolute Gasteiger partial charge is 0.352 e. The second-order valence-corrected chi connectivity index (χ2v) is 7.13. The van der Waals surface area contributed by atoms with E-state index in [-0.39, 0.29) is 30.3 Å². The number of halogens is 1. The van der Waals surface area contributed by atoms with E-state index in [0.29, 0.717) is 24.9 Å². The molecule has 1 aliphatic rings. The number of amides is 2. The number of rotatable bonds is 7. The third-order valence-corrected chi connectivity index (χ3v) is 5.23. The Bertz CT molecular complexity index is 780. The number of hydrogen-bond acceptors (Lipinski definition) is 3. The van der Waals surface area contributed by atoms with Gasteiger partial charge in [0.2, 0.25) is 5.91 Å². The molecule has 1 aliphatic heterocycles. The average molecular weight is 416 g/mol. The van der Waals surface area contributed by atoms with Crippen molar-refractivity contribution in [1.29, 1.82) is 0 Å². The molecule has 0 bridgehead atoms. The zero-order chi connectivity index (χ0) is 19.8. The van der Waals surface area contributed by atoms with E-state index in [1.54, 1.807) is 12.1 Å². The first-order valence-corrected chi connectivity index (χ1v) is 10.1. The highest BCUT2D eigenvalue weighted by molar-refractivity contribution is 5.94. The molecule has 0 aromatic heterocycles. The van der Waals surface area contributed by atoms with Crippen LogP contribution < -0.4 is 10.6 Å². The molecule has 2 aromatic rings. The smallest absolute Gasteiger partial charge is 0.251 e. The minimum absolute atomic E-state index is 0. The molecule has 0 radical (unpaired) electrons. The Balaban J connectivity index is 0.00000300. The summed E-state index contributed by atoms with van der Waals surface area (Å²) in [7, 11) is 0. The Morgan fingerprint density at radius 1 is 1.10 bits per heavy atom. The van der Waals surface area contributed by atoms with Crippen LogP contribution in [-0.2, 0) is 11.2 Å². The molecule has 0 aliphatic carbocycles. The summed E-state index contributed by atoms with van der Waals surface area (Å²) in [5.74, 6) is 0.0594. The summed E-state index contributed by atoms with van der Waals surface area (Å²) < 4.78 is 0. The Morgan fingerprint density at radius 2 is 1.83 bits per heavy atom. The molecule has 1 atom stereocenters. The molecular weight excluding hydrogens is 386 g/mol. The first-order chi connectivity index (χ1) is 13.7. The lowest BCUT2D eigenvalue weighted by atomic mass is 10.0. The Hall–Kier alpha value is -2.37. The van der Waals surface area contributed by atoms with E-state index in [0.717, 1.165) is 26.1 Å². The summed E-state index contributed by atoms with van der Waals surface area (Å²) >= 11 is 0. The summed E-state index contributed by atoms with van der Waals surface area (Å²) in [6, 6.07) is 17.8. The molecule has 2 N–H and O–H groups in total. The van der Waals surface area contributed by atoms with E-state index in [1.165, 1.54) is 11.1 Å². The van der Waals surface area contributed by atoms with Gasteiger partial charge in [-0.25, -0.2) is 0 Å². The van der Waals surface area contributed by atoms with Crippen molar-refractivity contribution in [3.05, 3.63) is 71.3 Å². The van der Waals surface area contributed by atoms with Gasteiger partial charge in [-0.2, -0.15) is 0 Å². The lowest BCUT2D eigenvalue weighted by Crippen LogP contribution is -2.48. The number of hydrogen-bond donors (Lipinski definition) is 2. The van der Waals surface area contributed by atoms with Gasteiger partial charge in [0.1, 0.15) is 0 Å². The standard InChI is InChI=1S/C23H29N3O2.ClH/c1-2-18-10-12-19(13-11-18)21-17-24-15-16-26(21)22(27)9-6-14-25-23(28)20-7-4-3-5-8-20;/h3-5,7-8,10-13,21,24H,2,6,9,14-17H2,1H3,(H,25,28);1H. The molecule has 1 fully saturated rings. The predicted octanol–water partition coefficient (Wildman–Crippen LogP) is 3.35. The topological polar surface area (TPSA) is 61.4 Å².